The molecule has 0 spiro atoms. The molecule has 1 aliphatic heterocycles. The molecule has 0 saturated heterocycles. The molecule has 10 heteroatoms. The van der Waals surface area contributed by atoms with E-state index in [2.05, 4.69) is 26.0 Å². The Hall–Kier alpha value is -3.17. The minimum Gasteiger partial charge on any atom is -0.465 e. The van der Waals surface area contributed by atoms with Gasteiger partial charge in [-0.15, -0.1) is 0 Å². The molecule has 0 radical (unpaired) electrons. The van der Waals surface area contributed by atoms with Gasteiger partial charge in [0.05, 0.1) is 29.0 Å². The van der Waals surface area contributed by atoms with Gasteiger partial charge in [-0.25, -0.2) is 14.2 Å². The Kier molecular flexibility index (Phi) is 5.79. The topological polar surface area (TPSA) is 121 Å². The van der Waals surface area contributed by atoms with Crippen LogP contribution in [0.15, 0.2) is 12.4 Å². The van der Waals surface area contributed by atoms with E-state index in [1.54, 1.807) is 17.1 Å². The summed E-state index contributed by atoms with van der Waals surface area (Å²) in [6.07, 6.45) is 5.34. The lowest BCUT2D eigenvalue weighted by atomic mass is 9.63. The molecule has 0 bridgehead atoms. The molecular formula is C23H31FN6O3. The largest absolute Gasteiger partial charge is 0.465 e. The Balaban J connectivity index is 1.81. The van der Waals surface area contributed by atoms with E-state index < -0.39 is 22.9 Å². The standard InChI is InChI=1S/C23H31FN6O3/c1-5-30-12-13(10-26-30)18-16-14(11-25-20(16)31)17(24)19(28-18)27-15-8-6-7-9-23(15,22(2,3)4)29-21(32)33/h10,12,15,29H,5-9,11H2,1-4H3,(H,25,31)(H,27,28)(H,32,33). The van der Waals surface area contributed by atoms with Crippen LogP contribution in [0.1, 0.15) is 69.3 Å². The second-order valence-corrected chi connectivity index (χ2v) is 9.84. The summed E-state index contributed by atoms with van der Waals surface area (Å²) in [5.74, 6) is -0.924. The van der Waals surface area contributed by atoms with E-state index in [1.165, 1.54) is 0 Å². The van der Waals surface area contributed by atoms with Gasteiger partial charge in [-0.3, -0.25) is 9.48 Å². The van der Waals surface area contributed by atoms with E-state index in [9.17, 15) is 14.7 Å². The number of anilines is 1. The number of pyridine rings is 1. The first-order chi connectivity index (χ1) is 15.6. The molecule has 2 unspecified atom stereocenters. The molecular weight excluding hydrogens is 427 g/mol. The fourth-order valence-electron chi connectivity index (χ4n) is 5.20. The molecule has 178 valence electrons. The van der Waals surface area contributed by atoms with Gasteiger partial charge in [-0.2, -0.15) is 5.10 Å². The first-order valence-electron chi connectivity index (χ1n) is 11.4. The summed E-state index contributed by atoms with van der Waals surface area (Å²) in [6.45, 7) is 8.64. The van der Waals surface area contributed by atoms with Crippen LogP contribution in [0.25, 0.3) is 11.3 Å². The maximum absolute atomic E-state index is 15.6. The van der Waals surface area contributed by atoms with Crippen molar-refractivity contribution in [2.24, 2.45) is 5.41 Å². The summed E-state index contributed by atoms with van der Waals surface area (Å²) in [5, 5.41) is 22.6. The monoisotopic (exact) mass is 458 g/mol. The molecule has 2 amide bonds. The Labute approximate surface area is 192 Å². The maximum atomic E-state index is 15.6. The number of hydrogen-bond acceptors (Lipinski definition) is 5. The van der Waals surface area contributed by atoms with Crippen molar-refractivity contribution in [2.45, 2.75) is 78.0 Å². The lowest BCUT2D eigenvalue weighted by Crippen LogP contribution is -2.67. The van der Waals surface area contributed by atoms with E-state index in [1.807, 2.05) is 27.7 Å². The van der Waals surface area contributed by atoms with E-state index in [4.69, 9.17) is 0 Å². The van der Waals surface area contributed by atoms with Gasteiger partial charge in [0, 0.05) is 30.4 Å². The van der Waals surface area contributed by atoms with Gasteiger partial charge in [0.15, 0.2) is 11.6 Å². The molecule has 4 rings (SSSR count). The minimum atomic E-state index is -1.11. The van der Waals surface area contributed by atoms with Crippen molar-refractivity contribution in [2.75, 3.05) is 5.32 Å². The van der Waals surface area contributed by atoms with Crippen molar-refractivity contribution in [3.05, 3.63) is 29.3 Å². The third-order valence-electron chi connectivity index (χ3n) is 7.01. The van der Waals surface area contributed by atoms with Gasteiger partial charge in [0.25, 0.3) is 5.91 Å². The number of rotatable bonds is 5. The van der Waals surface area contributed by atoms with Crippen LogP contribution in [-0.4, -0.2) is 43.5 Å². The summed E-state index contributed by atoms with van der Waals surface area (Å²) in [6, 6.07) is -0.376. The number of carbonyl (C=O) groups is 2. The first-order valence-corrected chi connectivity index (χ1v) is 11.4. The lowest BCUT2D eigenvalue weighted by molar-refractivity contribution is 0.0719. The maximum Gasteiger partial charge on any atom is 0.405 e. The summed E-state index contributed by atoms with van der Waals surface area (Å²) in [4.78, 5) is 28.8. The second-order valence-electron chi connectivity index (χ2n) is 9.84. The Morgan fingerprint density at radius 2 is 2.15 bits per heavy atom. The Bertz CT molecular complexity index is 1090. The van der Waals surface area contributed by atoms with Crippen LogP contribution in [0, 0.1) is 11.2 Å². The molecule has 1 aliphatic carbocycles. The number of hydrogen-bond donors (Lipinski definition) is 4. The van der Waals surface area contributed by atoms with Crippen molar-refractivity contribution in [3.8, 4) is 11.3 Å². The van der Waals surface area contributed by atoms with E-state index in [-0.39, 0.29) is 35.4 Å². The zero-order valence-electron chi connectivity index (χ0n) is 19.5. The van der Waals surface area contributed by atoms with Crippen LogP contribution in [0.4, 0.5) is 15.0 Å². The van der Waals surface area contributed by atoms with E-state index in [0.29, 0.717) is 30.6 Å². The Morgan fingerprint density at radius 1 is 1.39 bits per heavy atom. The van der Waals surface area contributed by atoms with Gasteiger partial charge in [0.2, 0.25) is 0 Å². The molecule has 9 nitrogen and oxygen atoms in total. The van der Waals surface area contributed by atoms with Gasteiger partial charge < -0.3 is 21.1 Å². The van der Waals surface area contributed by atoms with Crippen molar-refractivity contribution in [1.29, 1.82) is 0 Å². The van der Waals surface area contributed by atoms with E-state index in [0.717, 1.165) is 12.8 Å². The Morgan fingerprint density at radius 3 is 2.79 bits per heavy atom. The molecule has 2 atom stereocenters. The molecule has 33 heavy (non-hydrogen) atoms. The average molecular weight is 459 g/mol. The van der Waals surface area contributed by atoms with Gasteiger partial charge >= 0.3 is 6.09 Å². The molecule has 3 heterocycles. The van der Waals surface area contributed by atoms with Crippen LogP contribution in [-0.2, 0) is 13.1 Å². The number of halogens is 1. The number of nitrogens with zero attached hydrogens (tertiary/aromatic N) is 3. The third-order valence-corrected chi connectivity index (χ3v) is 7.01. The van der Waals surface area contributed by atoms with Gasteiger partial charge in [0.1, 0.15) is 0 Å². The number of nitrogens with one attached hydrogen (secondary N) is 3. The van der Waals surface area contributed by atoms with Gasteiger partial charge in [-0.1, -0.05) is 33.6 Å². The number of aryl methyl sites for hydroxylation is 1. The summed E-state index contributed by atoms with van der Waals surface area (Å²) >= 11 is 0. The SMILES string of the molecule is CCn1cc(-c2nc(NC3CCCCC3(NC(=O)O)C(C)(C)C)c(F)c3c2C(=O)NC3)cn1. The van der Waals surface area contributed by atoms with Crippen molar-refractivity contribution < 1.29 is 19.1 Å². The van der Waals surface area contributed by atoms with Crippen LogP contribution >= 0.6 is 0 Å². The molecule has 2 aromatic heterocycles. The summed E-state index contributed by atoms with van der Waals surface area (Å²) in [5.41, 5.74) is 0.239. The zero-order chi connectivity index (χ0) is 24.0. The van der Waals surface area contributed by atoms with Crippen molar-refractivity contribution >= 4 is 17.8 Å². The number of amides is 2. The quantitative estimate of drug-likeness (QED) is 0.541. The van der Waals surface area contributed by atoms with Crippen LogP contribution < -0.4 is 16.0 Å². The highest BCUT2D eigenvalue weighted by Crippen LogP contribution is 2.44. The van der Waals surface area contributed by atoms with Crippen molar-refractivity contribution in [1.82, 2.24) is 25.4 Å². The zero-order valence-corrected chi connectivity index (χ0v) is 19.5. The normalized spacial score (nSPS) is 22.6. The van der Waals surface area contributed by atoms with Crippen LogP contribution in [0.3, 0.4) is 0 Å². The third kappa shape index (κ3) is 3.91. The molecule has 2 aromatic rings. The number of carbonyl (C=O) groups excluding carboxylic acids is 1. The predicted molar refractivity (Wildman–Crippen MR) is 121 cm³/mol. The highest BCUT2D eigenvalue weighted by atomic mass is 19.1. The highest BCUT2D eigenvalue weighted by molar-refractivity contribution is 6.04. The number of carboxylic acid groups (broad SMARTS) is 1. The summed E-state index contributed by atoms with van der Waals surface area (Å²) in [7, 11) is 0. The van der Waals surface area contributed by atoms with Crippen LogP contribution in [0.2, 0.25) is 0 Å². The summed E-state index contributed by atoms with van der Waals surface area (Å²) < 4.78 is 17.3. The molecule has 0 aromatic carbocycles. The minimum absolute atomic E-state index is 0.0252. The first kappa shape index (κ1) is 23.0. The highest BCUT2D eigenvalue weighted by Gasteiger charge is 2.51. The fraction of sp³-hybridized carbons (Fsp3) is 0.565. The van der Waals surface area contributed by atoms with Crippen LogP contribution in [0.5, 0.6) is 0 Å². The smallest absolute Gasteiger partial charge is 0.405 e. The lowest BCUT2D eigenvalue weighted by Gasteiger charge is -2.52. The molecule has 4 N–H and O–H groups in total. The fourth-order valence-corrected chi connectivity index (χ4v) is 5.20. The molecule has 1 fully saturated rings. The number of aromatic nitrogens is 3. The molecule has 2 aliphatic rings. The van der Waals surface area contributed by atoms with Crippen molar-refractivity contribution in [3.63, 3.8) is 0 Å². The van der Waals surface area contributed by atoms with Gasteiger partial charge in [-0.05, 0) is 25.2 Å². The van der Waals surface area contributed by atoms with E-state index >= 15 is 4.39 Å². The second kappa shape index (κ2) is 8.31. The molecule has 1 saturated carbocycles. The average Bonchev–Trinajstić information content (AvgIpc) is 3.37. The number of fused-ring (bicyclic) bond motifs is 1. The predicted octanol–water partition coefficient (Wildman–Crippen LogP) is 3.75.